The molecule has 2 rings (SSSR count). The summed E-state index contributed by atoms with van der Waals surface area (Å²) in [5, 5.41) is 7.01. The first-order valence-corrected chi connectivity index (χ1v) is 9.70. The van der Waals surface area contributed by atoms with E-state index in [1.54, 1.807) is 0 Å². The van der Waals surface area contributed by atoms with Gasteiger partial charge in [0.05, 0.1) is 9.52 Å². The van der Waals surface area contributed by atoms with E-state index in [2.05, 4.69) is 90.1 Å². The molecule has 25 heavy (non-hydrogen) atoms. The van der Waals surface area contributed by atoms with Crippen LogP contribution in [0.5, 0.6) is 0 Å². The number of halogens is 2. The van der Waals surface area contributed by atoms with Crippen LogP contribution in [0.1, 0.15) is 48.0 Å². The molecule has 1 radical (unpaired) electrons. The van der Waals surface area contributed by atoms with E-state index in [1.807, 2.05) is 0 Å². The van der Waals surface area contributed by atoms with Crippen LogP contribution in [0, 0.1) is 5.41 Å². The molecule has 1 aliphatic rings. The molecule has 0 N–H and O–H groups in total. The molecule has 0 saturated heterocycles. The zero-order valence-corrected chi connectivity index (χ0v) is 22.8. The average molecular weight is 562 g/mol. The Labute approximate surface area is 187 Å². The number of hydrogen-bond acceptors (Lipinski definition) is 0. The summed E-state index contributed by atoms with van der Waals surface area (Å²) >= 11 is 0. The number of hydrogen-bond donors (Lipinski definition) is 0. The molecule has 1 aromatic carbocycles. The molecule has 0 bridgehead atoms. The molecule has 5 heteroatoms. The van der Waals surface area contributed by atoms with Crippen LogP contribution < -0.4 is 30.0 Å². The third-order valence-corrected chi connectivity index (χ3v) is 7.84. The van der Waals surface area contributed by atoms with Gasteiger partial charge in [0.1, 0.15) is 0 Å². The van der Waals surface area contributed by atoms with Gasteiger partial charge in [-0.05, 0) is 11.8 Å². The van der Waals surface area contributed by atoms with Crippen molar-refractivity contribution in [3.63, 3.8) is 0 Å². The maximum Gasteiger partial charge on any atom is 3.00 e. The molecule has 0 amide bonds. The third kappa shape index (κ3) is 6.37. The summed E-state index contributed by atoms with van der Waals surface area (Å²) in [6, 6.07) is 11.0. The summed E-state index contributed by atoms with van der Waals surface area (Å²) in [6.07, 6.45) is 7.48. The maximum absolute atomic E-state index is 5.28. The smallest absolute Gasteiger partial charge is 1.00 e. The Kier molecular flexibility index (Phi) is 11.5. The molecular formula is C20H30Cl2HfNSi. The van der Waals surface area contributed by atoms with Gasteiger partial charge in [-0.2, -0.15) is 5.70 Å². The zero-order chi connectivity index (χ0) is 16.4. The van der Waals surface area contributed by atoms with Crippen molar-refractivity contribution in [2.24, 2.45) is 5.41 Å². The van der Waals surface area contributed by atoms with Gasteiger partial charge in [-0.15, -0.1) is 5.54 Å². The van der Waals surface area contributed by atoms with Gasteiger partial charge in [0.2, 0.25) is 0 Å². The molecule has 0 saturated carbocycles. The molecule has 1 nitrogen and oxygen atoms in total. The zero-order valence-electron chi connectivity index (χ0n) is 16.2. The topological polar surface area (TPSA) is 14.1 Å². The first-order valence-electron chi connectivity index (χ1n) is 8.28. The standard InChI is InChI=1S/C20H30NSi.2ClH.Hf/c1-18(2,3)20(6,21-16-12-10-11-13-16)19(4,5)22-17-14-8-7-9-15-17;;;/h7-12,14-15H,13,22H2,1-6H3;2*1H;/q-1;;;+3/p-2. The van der Waals surface area contributed by atoms with Crippen LogP contribution in [-0.4, -0.2) is 15.1 Å². The monoisotopic (exact) mass is 562 g/mol. The minimum atomic E-state index is -0.447. The Balaban J connectivity index is 0. The largest absolute Gasteiger partial charge is 3.00 e. The van der Waals surface area contributed by atoms with Crippen molar-refractivity contribution in [1.82, 2.24) is 0 Å². The van der Waals surface area contributed by atoms with Gasteiger partial charge in [0.25, 0.3) is 0 Å². The van der Waals surface area contributed by atoms with Crippen LogP contribution in [0.15, 0.2) is 54.3 Å². The second kappa shape index (κ2) is 10.5. The second-order valence-corrected chi connectivity index (χ2v) is 11.2. The normalized spacial score (nSPS) is 16.3. The minimum absolute atomic E-state index is 0. The Morgan fingerprint density at radius 3 is 1.92 bits per heavy atom. The van der Waals surface area contributed by atoms with Crippen LogP contribution in [0.2, 0.25) is 5.04 Å². The van der Waals surface area contributed by atoms with Crippen LogP contribution in [0.3, 0.4) is 0 Å². The van der Waals surface area contributed by atoms with Crippen molar-refractivity contribution in [2.45, 2.75) is 58.5 Å². The number of allylic oxidation sites excluding steroid dienone is 3. The molecule has 0 aliphatic heterocycles. The first-order chi connectivity index (χ1) is 10.2. The molecule has 137 valence electrons. The number of nitrogens with zero attached hydrogens (tertiary/aromatic N) is 1. The van der Waals surface area contributed by atoms with Crippen molar-refractivity contribution in [1.29, 1.82) is 0 Å². The van der Waals surface area contributed by atoms with Crippen LogP contribution in [0.25, 0.3) is 5.32 Å². The second-order valence-electron chi connectivity index (χ2n) is 8.27. The van der Waals surface area contributed by atoms with Gasteiger partial charge >= 0.3 is 25.8 Å². The van der Waals surface area contributed by atoms with Crippen LogP contribution in [0.4, 0.5) is 0 Å². The Bertz CT molecular complexity index is 579. The molecule has 0 aromatic heterocycles. The van der Waals surface area contributed by atoms with Gasteiger partial charge in [-0.1, -0.05) is 100 Å². The molecular weight excluding hydrogens is 532 g/mol. The Morgan fingerprint density at radius 2 is 1.48 bits per heavy atom. The predicted octanol–water partition coefficient (Wildman–Crippen LogP) is -1.29. The van der Waals surface area contributed by atoms with Crippen LogP contribution in [-0.2, 0) is 25.8 Å². The van der Waals surface area contributed by atoms with Crippen molar-refractivity contribution in [3.05, 3.63) is 59.6 Å². The Hall–Kier alpha value is 0.167. The Morgan fingerprint density at radius 1 is 0.920 bits per heavy atom. The fourth-order valence-corrected chi connectivity index (χ4v) is 5.90. The fraction of sp³-hybridized carbons (Fsp3) is 0.500. The van der Waals surface area contributed by atoms with Crippen molar-refractivity contribution >= 4 is 14.7 Å². The van der Waals surface area contributed by atoms with Crippen molar-refractivity contribution in [2.75, 3.05) is 0 Å². The maximum atomic E-state index is 5.28. The van der Waals surface area contributed by atoms with Crippen molar-refractivity contribution < 1.29 is 50.7 Å². The summed E-state index contributed by atoms with van der Waals surface area (Å²) in [6.45, 7) is 14.2. The summed E-state index contributed by atoms with van der Waals surface area (Å²) in [7, 11) is -0.447. The number of rotatable bonds is 5. The predicted molar refractivity (Wildman–Crippen MR) is 102 cm³/mol. The van der Waals surface area contributed by atoms with Crippen LogP contribution >= 0.6 is 0 Å². The van der Waals surface area contributed by atoms with E-state index in [4.69, 9.17) is 5.32 Å². The summed E-state index contributed by atoms with van der Waals surface area (Å²) in [4.78, 5) is 0. The average Bonchev–Trinajstić information content (AvgIpc) is 2.90. The molecule has 0 spiro atoms. The SMILES string of the molecule is CC(C)(C)C(C)([N-]C1=CC=CC1)C(C)(C)[SiH2]c1ccccc1.[Cl-].[Cl-].[Hf+3]. The first kappa shape index (κ1) is 27.4. The molecule has 0 fully saturated rings. The summed E-state index contributed by atoms with van der Waals surface area (Å²) < 4.78 is 0. The van der Waals surface area contributed by atoms with Crippen molar-refractivity contribution in [3.8, 4) is 0 Å². The fourth-order valence-electron chi connectivity index (χ4n) is 3.42. The molecule has 1 aromatic rings. The van der Waals surface area contributed by atoms with Gasteiger partial charge in [-0.3, -0.25) is 0 Å². The number of benzene rings is 1. The van der Waals surface area contributed by atoms with Gasteiger partial charge in [0.15, 0.2) is 0 Å². The van der Waals surface area contributed by atoms with E-state index >= 15 is 0 Å². The van der Waals surface area contributed by atoms with E-state index in [0.717, 1.165) is 6.42 Å². The molecule has 0 heterocycles. The summed E-state index contributed by atoms with van der Waals surface area (Å²) in [5.41, 5.74) is 1.29. The van der Waals surface area contributed by atoms with Gasteiger partial charge in [0, 0.05) is 0 Å². The quantitative estimate of drug-likeness (QED) is 0.398. The summed E-state index contributed by atoms with van der Waals surface area (Å²) in [5.74, 6) is 0. The van der Waals surface area contributed by atoms with E-state index in [1.165, 1.54) is 10.9 Å². The van der Waals surface area contributed by atoms with E-state index in [9.17, 15) is 0 Å². The van der Waals surface area contributed by atoms with E-state index in [0.29, 0.717) is 0 Å². The molecule has 1 unspecified atom stereocenters. The van der Waals surface area contributed by atoms with E-state index in [-0.39, 0.29) is 66.6 Å². The molecule has 1 aliphatic carbocycles. The van der Waals surface area contributed by atoms with E-state index < -0.39 is 9.52 Å². The molecule has 1 atom stereocenters. The van der Waals surface area contributed by atoms with Gasteiger partial charge in [-0.25, -0.2) is 0 Å². The third-order valence-electron chi connectivity index (χ3n) is 5.39. The minimum Gasteiger partial charge on any atom is -1.00 e. The van der Waals surface area contributed by atoms with Gasteiger partial charge < -0.3 is 30.1 Å².